The van der Waals surface area contributed by atoms with Crippen LogP contribution >= 0.6 is 0 Å². The molecule has 0 saturated carbocycles. The molecule has 2 amide bonds. The highest BCUT2D eigenvalue weighted by Crippen LogP contribution is 2.37. The Hall–Kier alpha value is -2.22. The number of rotatable bonds is 18. The Bertz CT molecular complexity index is 1750. The van der Waals surface area contributed by atoms with Crippen LogP contribution in [0.3, 0.4) is 0 Å². The van der Waals surface area contributed by atoms with Crippen LogP contribution in [0.5, 0.6) is 0 Å². The maximum atomic E-state index is 12.6. The predicted octanol–water partition coefficient (Wildman–Crippen LogP) is -13.8. The lowest BCUT2D eigenvalue weighted by Crippen LogP contribution is -2.70. The second kappa shape index (κ2) is 26.0. The van der Waals surface area contributed by atoms with Crippen LogP contribution in [-0.4, -0.2) is 327 Å². The van der Waals surface area contributed by atoms with E-state index in [0.29, 0.717) is 0 Å². The second-order valence-corrected chi connectivity index (χ2v) is 18.2. The molecular formula is C40H68N2O31. The first-order valence-corrected chi connectivity index (χ1v) is 23.1. The highest BCUT2D eigenvalue weighted by molar-refractivity contribution is 5.73. The van der Waals surface area contributed by atoms with Crippen molar-refractivity contribution in [3.63, 3.8) is 0 Å². The molecule has 0 bridgehead atoms. The van der Waals surface area contributed by atoms with E-state index in [1.54, 1.807) is 0 Å². The molecule has 6 saturated heterocycles. The molecule has 6 aliphatic heterocycles. The van der Waals surface area contributed by atoms with Gasteiger partial charge in [0.25, 0.3) is 0 Å². The summed E-state index contributed by atoms with van der Waals surface area (Å²) >= 11 is 0. The van der Waals surface area contributed by atoms with Gasteiger partial charge in [-0.15, -0.1) is 0 Å². The quantitative estimate of drug-likeness (QED) is 0.0606. The van der Waals surface area contributed by atoms with Crippen LogP contribution in [-0.2, 0) is 61.7 Å². The number of amides is 2. The van der Waals surface area contributed by atoms with Gasteiger partial charge >= 0.3 is 0 Å². The third-order valence-corrected chi connectivity index (χ3v) is 13.2. The fourth-order valence-corrected chi connectivity index (χ4v) is 9.32. The molecule has 30 atom stereocenters. The first-order valence-electron chi connectivity index (χ1n) is 23.1. The normalized spacial score (nSPS) is 49.8. The number of nitrogens with one attached hydrogen (secondary N) is 2. The predicted molar refractivity (Wildman–Crippen MR) is 222 cm³/mol. The summed E-state index contributed by atoms with van der Waals surface area (Å²) in [6.07, 6.45) is -52.9. The number of aliphatic hydroxyl groups is 18. The Kier molecular flexibility index (Phi) is 21.3. The van der Waals surface area contributed by atoms with Gasteiger partial charge in [0.05, 0.1) is 39.6 Å². The Labute approximate surface area is 413 Å². The lowest BCUT2D eigenvalue weighted by molar-refractivity contribution is -0.386. The zero-order valence-corrected chi connectivity index (χ0v) is 38.9. The van der Waals surface area contributed by atoms with Crippen molar-refractivity contribution in [2.75, 3.05) is 39.6 Å². The molecule has 424 valence electrons. The molecule has 0 radical (unpaired) electrons. The molecule has 73 heavy (non-hydrogen) atoms. The van der Waals surface area contributed by atoms with E-state index in [2.05, 4.69) is 10.6 Å². The summed E-state index contributed by atoms with van der Waals surface area (Å²) in [7, 11) is 0. The van der Waals surface area contributed by atoms with Crippen LogP contribution in [0.25, 0.3) is 0 Å². The largest absolute Gasteiger partial charge is 0.394 e. The van der Waals surface area contributed by atoms with Gasteiger partial charge in [0.15, 0.2) is 37.7 Å². The highest BCUT2D eigenvalue weighted by Gasteiger charge is 2.58. The SMILES string of the molecule is CC(=O)N[C@H]1[C@H](O[C@@H]2[C@@H](O)[C@@H](CO)O[C@@H](O[C@H]3[C@H](O)[C@@H](NC(C)=O)[C@H](O[C@H]4[C@@H](O)[C@@H](CO)O[C@@H](O[C@H]5[C@H](O)[C@@H](O)C(O)O[C@@H]5CO)[C@@H]4O)O[C@@H]3CO)[C@@H]2O)O[C@H](CO)[C@@H](O[C@@H]2O[C@H](CO)[C@H](O)[C@H](O)[C@@H]2O)[C@@H]1O. The highest BCUT2D eigenvalue weighted by atomic mass is 16.8. The molecule has 0 aliphatic carbocycles. The van der Waals surface area contributed by atoms with Gasteiger partial charge in [-0.05, 0) is 0 Å². The van der Waals surface area contributed by atoms with Crippen molar-refractivity contribution in [2.24, 2.45) is 0 Å². The fraction of sp³-hybridized carbons (Fsp3) is 0.950. The number of carbonyl (C=O) groups excluding carboxylic acids is 2. The van der Waals surface area contributed by atoms with Crippen molar-refractivity contribution in [3.8, 4) is 0 Å². The molecular weight excluding hydrogens is 1000 g/mol. The summed E-state index contributed by atoms with van der Waals surface area (Å²) in [4.78, 5) is 25.0. The van der Waals surface area contributed by atoms with Crippen molar-refractivity contribution in [2.45, 2.75) is 198 Å². The third-order valence-electron chi connectivity index (χ3n) is 13.2. The standard InChI is InChI=1S/C40H68N2O31/c1-9(49)41-17-22(54)30(69-38-27(59)24(56)19(51)11(3-43)64-38)15(7-47)67-36(17)72-33-20(52)12(4-44)65-39(28(33)60)70-31-16(8-48)68-37(18(23(31)55)42-10(2)50)73-34-21(53)13(5-45)66-40(29(34)61)71-32-14(6-46)63-35(62)26(58)25(32)57/h11-40,43-48,51-62H,3-8H2,1-2H3,(H,41,49)(H,42,50)/t11-,12-,13-,14-,15-,16-,17-,18-,19+,20+,21+,22-,23-,24+,25-,26-,27+,28-,29-,30-,31-,32-,33-,34+,35?,36+,37+,38+,39+,40+/m1/s1. The number of ether oxygens (including phenoxy) is 11. The van der Waals surface area contributed by atoms with E-state index < -0.39 is 236 Å². The number of carbonyl (C=O) groups is 2. The molecule has 6 aliphatic rings. The van der Waals surface area contributed by atoms with E-state index in [1.165, 1.54) is 0 Å². The molecule has 1 unspecified atom stereocenters. The van der Waals surface area contributed by atoms with Gasteiger partial charge in [-0.1, -0.05) is 0 Å². The van der Waals surface area contributed by atoms with Gasteiger partial charge in [-0.25, -0.2) is 0 Å². The van der Waals surface area contributed by atoms with E-state index in [4.69, 9.17) is 52.1 Å². The van der Waals surface area contributed by atoms with Crippen molar-refractivity contribution < 1.29 is 154 Å². The molecule has 0 aromatic heterocycles. The van der Waals surface area contributed by atoms with Gasteiger partial charge < -0.3 is 155 Å². The van der Waals surface area contributed by atoms with Crippen molar-refractivity contribution >= 4 is 11.8 Å². The minimum absolute atomic E-state index is 0.829. The molecule has 33 nitrogen and oxygen atoms in total. The summed E-state index contributed by atoms with van der Waals surface area (Å²) in [5.41, 5.74) is 0. The maximum absolute atomic E-state index is 12.6. The average Bonchev–Trinajstić information content (AvgIpc) is 3.36. The smallest absolute Gasteiger partial charge is 0.217 e. The van der Waals surface area contributed by atoms with Crippen molar-refractivity contribution in [3.05, 3.63) is 0 Å². The van der Waals surface area contributed by atoms with Crippen LogP contribution < -0.4 is 10.6 Å². The Morgan fingerprint density at radius 2 is 0.630 bits per heavy atom. The van der Waals surface area contributed by atoms with E-state index in [9.17, 15) is 102 Å². The molecule has 0 aromatic carbocycles. The van der Waals surface area contributed by atoms with Crippen LogP contribution in [0.2, 0.25) is 0 Å². The van der Waals surface area contributed by atoms with Crippen LogP contribution in [0.15, 0.2) is 0 Å². The summed E-state index contributed by atoms with van der Waals surface area (Å²) in [5.74, 6) is -1.69. The topological polar surface area (TPSA) is 524 Å². The Balaban J connectivity index is 1.21. The summed E-state index contributed by atoms with van der Waals surface area (Å²) in [6, 6.07) is -3.53. The fourth-order valence-electron chi connectivity index (χ4n) is 9.32. The van der Waals surface area contributed by atoms with Gasteiger partial charge in [-0.3, -0.25) is 9.59 Å². The third kappa shape index (κ3) is 12.9. The summed E-state index contributed by atoms with van der Waals surface area (Å²) in [6.45, 7) is -3.79. The van der Waals surface area contributed by atoms with Crippen LogP contribution in [0.1, 0.15) is 13.8 Å². The molecule has 6 fully saturated rings. The van der Waals surface area contributed by atoms with E-state index in [1.807, 2.05) is 0 Å². The minimum Gasteiger partial charge on any atom is -0.394 e. The molecule has 0 aromatic rings. The minimum atomic E-state index is -2.21. The number of hydrogen-bond donors (Lipinski definition) is 20. The zero-order valence-electron chi connectivity index (χ0n) is 38.9. The van der Waals surface area contributed by atoms with Gasteiger partial charge in [0, 0.05) is 13.8 Å². The summed E-state index contributed by atoms with van der Waals surface area (Å²) < 4.78 is 62.4. The lowest BCUT2D eigenvalue weighted by atomic mass is 9.93. The van der Waals surface area contributed by atoms with Crippen molar-refractivity contribution in [1.82, 2.24) is 10.6 Å². The van der Waals surface area contributed by atoms with E-state index >= 15 is 0 Å². The molecule has 0 spiro atoms. The summed E-state index contributed by atoms with van der Waals surface area (Å²) in [5, 5.41) is 196. The zero-order chi connectivity index (χ0) is 53.9. The Morgan fingerprint density at radius 3 is 0.986 bits per heavy atom. The Morgan fingerprint density at radius 1 is 0.329 bits per heavy atom. The second-order valence-electron chi connectivity index (χ2n) is 18.2. The molecule has 20 N–H and O–H groups in total. The van der Waals surface area contributed by atoms with Crippen LogP contribution in [0, 0.1) is 0 Å². The first-order chi connectivity index (χ1) is 34.5. The first kappa shape index (κ1) is 60.0. The lowest BCUT2D eigenvalue weighted by Gasteiger charge is -2.51. The average molecular weight is 1070 g/mol. The molecule has 6 heterocycles. The maximum Gasteiger partial charge on any atom is 0.217 e. The van der Waals surface area contributed by atoms with Gasteiger partial charge in [0.2, 0.25) is 11.8 Å². The van der Waals surface area contributed by atoms with Gasteiger partial charge in [-0.2, -0.15) is 0 Å². The van der Waals surface area contributed by atoms with E-state index in [0.717, 1.165) is 13.8 Å². The number of aliphatic hydroxyl groups excluding tert-OH is 18. The molecule has 33 heteroatoms. The molecule has 6 rings (SSSR count). The number of hydrogen-bond acceptors (Lipinski definition) is 31. The van der Waals surface area contributed by atoms with Gasteiger partial charge in [0.1, 0.15) is 146 Å². The van der Waals surface area contributed by atoms with Crippen molar-refractivity contribution in [1.29, 1.82) is 0 Å². The monoisotopic (exact) mass is 1070 g/mol. The van der Waals surface area contributed by atoms with E-state index in [-0.39, 0.29) is 0 Å². The van der Waals surface area contributed by atoms with Crippen LogP contribution in [0.4, 0.5) is 0 Å².